The van der Waals surface area contributed by atoms with Crippen molar-refractivity contribution in [2.75, 3.05) is 11.9 Å². The minimum atomic E-state index is 0.376. The van der Waals surface area contributed by atoms with Crippen LogP contribution < -0.4 is 10.6 Å². The first kappa shape index (κ1) is 11.2. The highest BCUT2D eigenvalue weighted by molar-refractivity contribution is 5.60. The first-order valence-electron chi connectivity index (χ1n) is 6.24. The van der Waals surface area contributed by atoms with Crippen molar-refractivity contribution in [3.8, 4) is 0 Å². The molecule has 2 aromatic rings. The molecule has 1 aliphatic rings. The second kappa shape index (κ2) is 4.42. The van der Waals surface area contributed by atoms with E-state index in [0.717, 1.165) is 12.0 Å². The van der Waals surface area contributed by atoms with Gasteiger partial charge in [0, 0.05) is 31.7 Å². The lowest BCUT2D eigenvalue weighted by Gasteiger charge is -2.23. The van der Waals surface area contributed by atoms with Gasteiger partial charge in [0.05, 0.1) is 6.04 Å². The molecule has 18 heavy (non-hydrogen) atoms. The van der Waals surface area contributed by atoms with Crippen molar-refractivity contribution in [3.63, 3.8) is 0 Å². The molecule has 3 rings (SSSR count). The number of likely N-dealkylation sites (N-methyl/N-ethyl adjacent to an activating group) is 1. The molecule has 1 aromatic carbocycles. The van der Waals surface area contributed by atoms with Crippen LogP contribution in [0.4, 0.5) is 5.69 Å². The van der Waals surface area contributed by atoms with Crippen molar-refractivity contribution >= 4 is 5.69 Å². The van der Waals surface area contributed by atoms with Gasteiger partial charge in [0.1, 0.15) is 0 Å². The topological polar surface area (TPSA) is 42.2 Å². The van der Waals surface area contributed by atoms with E-state index in [2.05, 4.69) is 47.3 Å². The molecule has 3 nitrogen and oxygen atoms in total. The number of anilines is 1. The molecule has 0 aliphatic carbocycles. The summed E-state index contributed by atoms with van der Waals surface area (Å²) in [5.74, 6) is 0. The Kier molecular flexibility index (Phi) is 2.76. The first-order chi connectivity index (χ1) is 8.79. The summed E-state index contributed by atoms with van der Waals surface area (Å²) in [7, 11) is 2.14. The Hall–Kier alpha value is -1.87. The number of para-hydroxylation sites is 1. The smallest absolute Gasteiger partial charge is 0.0595 e. The number of pyridine rings is 1. The molecule has 2 N–H and O–H groups in total. The van der Waals surface area contributed by atoms with E-state index < -0.39 is 0 Å². The molecular formula is C15H17N3. The van der Waals surface area contributed by atoms with Crippen molar-refractivity contribution in [1.29, 1.82) is 0 Å². The fourth-order valence-corrected chi connectivity index (χ4v) is 2.68. The average Bonchev–Trinajstić information content (AvgIpc) is 2.77. The third kappa shape index (κ3) is 1.77. The quantitative estimate of drug-likeness (QED) is 0.874. The van der Waals surface area contributed by atoms with Crippen molar-refractivity contribution < 1.29 is 0 Å². The van der Waals surface area contributed by atoms with E-state index >= 15 is 0 Å². The van der Waals surface area contributed by atoms with Crippen LogP contribution in [0.15, 0.2) is 42.7 Å². The molecule has 3 heteroatoms. The maximum absolute atomic E-state index is 5.68. The minimum Gasteiger partial charge on any atom is -0.367 e. The van der Waals surface area contributed by atoms with E-state index in [0.29, 0.717) is 12.6 Å². The Labute approximate surface area is 107 Å². The van der Waals surface area contributed by atoms with Gasteiger partial charge in [0.15, 0.2) is 0 Å². The fourth-order valence-electron chi connectivity index (χ4n) is 2.68. The molecule has 0 amide bonds. The number of aromatic nitrogens is 1. The molecular weight excluding hydrogens is 222 g/mol. The Morgan fingerprint density at radius 3 is 2.94 bits per heavy atom. The standard InChI is InChI=1S/C15H17N3/c1-18-14-5-3-2-4-12(14)7-15(18)13-6-11(8-16)9-17-10-13/h2-6,9-10,15H,7-8,16H2,1H3. The van der Waals surface area contributed by atoms with E-state index in [1.54, 1.807) is 0 Å². The molecule has 0 spiro atoms. The summed E-state index contributed by atoms with van der Waals surface area (Å²) in [5.41, 5.74) is 10.7. The summed E-state index contributed by atoms with van der Waals surface area (Å²) in [6, 6.07) is 11.1. The Balaban J connectivity index is 1.96. The molecule has 0 saturated heterocycles. The molecule has 1 unspecified atom stereocenters. The van der Waals surface area contributed by atoms with Crippen LogP contribution in [0.3, 0.4) is 0 Å². The van der Waals surface area contributed by atoms with Gasteiger partial charge in [-0.2, -0.15) is 0 Å². The lowest BCUT2D eigenvalue weighted by Crippen LogP contribution is -2.20. The molecule has 0 radical (unpaired) electrons. The summed E-state index contributed by atoms with van der Waals surface area (Å²) in [6.07, 6.45) is 4.83. The normalized spacial score (nSPS) is 17.9. The highest BCUT2D eigenvalue weighted by Crippen LogP contribution is 2.38. The maximum Gasteiger partial charge on any atom is 0.0595 e. The molecule has 1 aliphatic heterocycles. The number of benzene rings is 1. The predicted molar refractivity (Wildman–Crippen MR) is 73.4 cm³/mol. The Morgan fingerprint density at radius 1 is 1.33 bits per heavy atom. The Bertz CT molecular complexity index is 565. The molecule has 0 bridgehead atoms. The third-order valence-electron chi connectivity index (χ3n) is 3.69. The van der Waals surface area contributed by atoms with Crippen LogP contribution in [0.5, 0.6) is 0 Å². The molecule has 0 fully saturated rings. The Morgan fingerprint density at radius 2 is 2.17 bits per heavy atom. The maximum atomic E-state index is 5.68. The van der Waals surface area contributed by atoms with Gasteiger partial charge in [-0.05, 0) is 35.2 Å². The molecule has 0 saturated carbocycles. The highest BCUT2D eigenvalue weighted by atomic mass is 15.2. The summed E-state index contributed by atoms with van der Waals surface area (Å²) in [5, 5.41) is 0. The third-order valence-corrected chi connectivity index (χ3v) is 3.69. The summed E-state index contributed by atoms with van der Waals surface area (Å²) in [4.78, 5) is 6.62. The van der Waals surface area contributed by atoms with Crippen LogP contribution in [0.2, 0.25) is 0 Å². The van der Waals surface area contributed by atoms with Gasteiger partial charge >= 0.3 is 0 Å². The number of rotatable bonds is 2. The van der Waals surface area contributed by atoms with Gasteiger partial charge in [0.2, 0.25) is 0 Å². The van der Waals surface area contributed by atoms with E-state index in [-0.39, 0.29) is 0 Å². The number of hydrogen-bond donors (Lipinski definition) is 1. The van der Waals surface area contributed by atoms with Crippen molar-refractivity contribution in [2.45, 2.75) is 19.0 Å². The molecule has 1 aromatic heterocycles. The van der Waals surface area contributed by atoms with Crippen LogP contribution in [0.25, 0.3) is 0 Å². The van der Waals surface area contributed by atoms with Gasteiger partial charge in [-0.1, -0.05) is 18.2 Å². The zero-order chi connectivity index (χ0) is 12.5. The SMILES string of the molecule is CN1c2ccccc2CC1c1cncc(CN)c1. The second-order valence-electron chi connectivity index (χ2n) is 4.79. The van der Waals surface area contributed by atoms with E-state index in [4.69, 9.17) is 5.73 Å². The minimum absolute atomic E-state index is 0.376. The largest absolute Gasteiger partial charge is 0.367 e. The van der Waals surface area contributed by atoms with Crippen LogP contribution in [-0.4, -0.2) is 12.0 Å². The monoisotopic (exact) mass is 239 g/mol. The molecule has 2 heterocycles. The van der Waals surface area contributed by atoms with Crippen LogP contribution in [0.1, 0.15) is 22.7 Å². The van der Waals surface area contributed by atoms with E-state index in [1.807, 2.05) is 12.4 Å². The lowest BCUT2D eigenvalue weighted by atomic mass is 10.0. The molecule has 1 atom stereocenters. The van der Waals surface area contributed by atoms with Gasteiger partial charge in [0.25, 0.3) is 0 Å². The summed E-state index contributed by atoms with van der Waals surface area (Å²) in [6.45, 7) is 0.546. The summed E-state index contributed by atoms with van der Waals surface area (Å²) >= 11 is 0. The van der Waals surface area contributed by atoms with Crippen LogP contribution in [-0.2, 0) is 13.0 Å². The van der Waals surface area contributed by atoms with Gasteiger partial charge in [-0.15, -0.1) is 0 Å². The zero-order valence-electron chi connectivity index (χ0n) is 10.5. The molecule has 92 valence electrons. The zero-order valence-corrected chi connectivity index (χ0v) is 10.5. The first-order valence-corrected chi connectivity index (χ1v) is 6.24. The van der Waals surface area contributed by atoms with Crippen molar-refractivity contribution in [1.82, 2.24) is 4.98 Å². The van der Waals surface area contributed by atoms with Crippen molar-refractivity contribution in [2.24, 2.45) is 5.73 Å². The van der Waals surface area contributed by atoms with E-state index in [9.17, 15) is 0 Å². The van der Waals surface area contributed by atoms with Crippen LogP contribution >= 0.6 is 0 Å². The van der Waals surface area contributed by atoms with Gasteiger partial charge in [-0.25, -0.2) is 0 Å². The van der Waals surface area contributed by atoms with Crippen LogP contribution in [0, 0.1) is 0 Å². The summed E-state index contributed by atoms with van der Waals surface area (Å²) < 4.78 is 0. The number of nitrogens with zero attached hydrogens (tertiary/aromatic N) is 2. The average molecular weight is 239 g/mol. The fraction of sp³-hybridized carbons (Fsp3) is 0.267. The van der Waals surface area contributed by atoms with Gasteiger partial charge in [-0.3, -0.25) is 4.98 Å². The highest BCUT2D eigenvalue weighted by Gasteiger charge is 2.27. The number of fused-ring (bicyclic) bond motifs is 1. The predicted octanol–water partition coefficient (Wildman–Crippen LogP) is 2.27. The van der Waals surface area contributed by atoms with Gasteiger partial charge < -0.3 is 10.6 Å². The number of nitrogens with two attached hydrogens (primary N) is 1. The van der Waals surface area contributed by atoms with Crippen molar-refractivity contribution in [3.05, 3.63) is 59.4 Å². The number of hydrogen-bond acceptors (Lipinski definition) is 3. The lowest BCUT2D eigenvalue weighted by molar-refractivity contribution is 0.710. The second-order valence-corrected chi connectivity index (χ2v) is 4.79. The van der Waals surface area contributed by atoms with E-state index in [1.165, 1.54) is 16.8 Å².